The van der Waals surface area contributed by atoms with E-state index < -0.39 is 17.3 Å². The lowest BCUT2D eigenvalue weighted by atomic mass is 9.48. The Balaban J connectivity index is 1.67. The van der Waals surface area contributed by atoms with Gasteiger partial charge in [-0.1, -0.05) is 30.7 Å². The maximum absolute atomic E-state index is 13.6. The van der Waals surface area contributed by atoms with Gasteiger partial charge in [-0.05, 0) is 37.5 Å². The van der Waals surface area contributed by atoms with Crippen molar-refractivity contribution < 1.29 is 19.4 Å². The van der Waals surface area contributed by atoms with E-state index in [2.05, 4.69) is 26.2 Å². The van der Waals surface area contributed by atoms with Crippen molar-refractivity contribution in [3.8, 4) is 0 Å². The molecular formula is C23H32O4. The number of carbonyl (C=O) groups is 1. The molecule has 0 amide bonds. The topological polar surface area (TPSA) is 55.8 Å². The van der Waals surface area contributed by atoms with Crippen LogP contribution in [0, 0.1) is 22.7 Å². The Labute approximate surface area is 162 Å². The Hall–Kier alpha value is -1.23. The number of fused-ring (bicyclic) bond motifs is 3. The van der Waals surface area contributed by atoms with Crippen molar-refractivity contribution in [1.82, 2.24) is 0 Å². The molecule has 4 nitrogen and oxygen atoms in total. The molecule has 1 aliphatic heterocycles. The van der Waals surface area contributed by atoms with Crippen molar-refractivity contribution in [2.75, 3.05) is 13.2 Å². The van der Waals surface area contributed by atoms with Crippen LogP contribution >= 0.6 is 0 Å². The van der Waals surface area contributed by atoms with Gasteiger partial charge in [0.25, 0.3) is 0 Å². The van der Waals surface area contributed by atoms with Crippen molar-refractivity contribution in [3.63, 3.8) is 0 Å². The van der Waals surface area contributed by atoms with Gasteiger partial charge in [-0.25, -0.2) is 0 Å². The molecule has 1 heterocycles. The molecule has 3 aliphatic carbocycles. The lowest BCUT2D eigenvalue weighted by Gasteiger charge is -2.57. The summed E-state index contributed by atoms with van der Waals surface area (Å²) in [6, 6.07) is 0. The highest BCUT2D eigenvalue weighted by Crippen LogP contribution is 2.61. The van der Waals surface area contributed by atoms with E-state index in [1.807, 2.05) is 12.2 Å². The van der Waals surface area contributed by atoms with Crippen LogP contribution in [0.4, 0.5) is 0 Å². The summed E-state index contributed by atoms with van der Waals surface area (Å²) in [5, 5.41) is 11.3. The first kappa shape index (κ1) is 19.1. The third-order valence-electron chi connectivity index (χ3n) is 7.76. The Morgan fingerprint density at radius 3 is 2.52 bits per heavy atom. The third kappa shape index (κ3) is 2.80. The Bertz CT molecular complexity index is 662. The maximum Gasteiger partial charge on any atom is 0.172 e. The largest absolute Gasteiger partial charge is 0.393 e. The van der Waals surface area contributed by atoms with Crippen LogP contribution < -0.4 is 0 Å². The number of aliphatic hydroxyl groups is 1. The lowest BCUT2D eigenvalue weighted by molar-refractivity contribution is -0.190. The molecule has 4 atom stereocenters. The highest BCUT2D eigenvalue weighted by Gasteiger charge is 2.60. The summed E-state index contributed by atoms with van der Waals surface area (Å²) in [5.41, 5.74) is 0.607. The fraction of sp³-hybridized carbons (Fsp3) is 0.696. The zero-order valence-electron chi connectivity index (χ0n) is 16.4. The smallest absolute Gasteiger partial charge is 0.172 e. The summed E-state index contributed by atoms with van der Waals surface area (Å²) in [4.78, 5) is 13.6. The van der Waals surface area contributed by atoms with E-state index >= 15 is 0 Å². The molecule has 0 radical (unpaired) electrons. The zero-order valence-corrected chi connectivity index (χ0v) is 16.4. The molecule has 4 heteroatoms. The van der Waals surface area contributed by atoms with E-state index in [9.17, 15) is 9.90 Å². The molecule has 2 saturated carbocycles. The summed E-state index contributed by atoms with van der Waals surface area (Å²) in [7, 11) is 0. The number of hydrogen-bond donors (Lipinski definition) is 1. The molecule has 0 aromatic heterocycles. The predicted octanol–water partition coefficient (Wildman–Crippen LogP) is 3.95. The Morgan fingerprint density at radius 1 is 1.22 bits per heavy atom. The van der Waals surface area contributed by atoms with E-state index in [-0.39, 0.29) is 17.3 Å². The molecule has 1 saturated heterocycles. The van der Waals surface area contributed by atoms with E-state index in [1.54, 1.807) is 0 Å². The lowest BCUT2D eigenvalue weighted by Crippen LogP contribution is -2.58. The van der Waals surface area contributed by atoms with Gasteiger partial charge >= 0.3 is 0 Å². The Morgan fingerprint density at radius 2 is 1.89 bits per heavy atom. The average molecular weight is 373 g/mol. The summed E-state index contributed by atoms with van der Waals surface area (Å²) < 4.78 is 11.9. The minimum atomic E-state index is -0.542. The predicted molar refractivity (Wildman–Crippen MR) is 104 cm³/mol. The number of hydrogen-bond acceptors (Lipinski definition) is 4. The number of carbonyl (C=O) groups excluding carboxylic acids is 1. The van der Waals surface area contributed by atoms with Gasteiger partial charge in [0.1, 0.15) is 5.78 Å². The number of ketones is 1. The van der Waals surface area contributed by atoms with Gasteiger partial charge in [-0.2, -0.15) is 0 Å². The first-order valence-electron chi connectivity index (χ1n) is 10.3. The van der Waals surface area contributed by atoms with E-state index in [1.165, 1.54) is 5.57 Å². The Kier molecular flexibility index (Phi) is 4.73. The van der Waals surface area contributed by atoms with Gasteiger partial charge in [0.15, 0.2) is 5.79 Å². The van der Waals surface area contributed by atoms with Gasteiger partial charge in [0.2, 0.25) is 0 Å². The minimum absolute atomic E-state index is 0.0218. The summed E-state index contributed by atoms with van der Waals surface area (Å²) >= 11 is 0. The van der Waals surface area contributed by atoms with Crippen LogP contribution in [-0.4, -0.2) is 36.0 Å². The normalized spacial score (nSPS) is 39.4. The van der Waals surface area contributed by atoms with E-state index in [4.69, 9.17) is 9.47 Å². The fourth-order valence-corrected chi connectivity index (χ4v) is 6.47. The molecule has 4 rings (SSSR count). The number of allylic oxidation sites excluding steroid dienone is 3. The standard InChI is InChI=1S/C23H32O4/c1-4-8-22(9-5-2)15-18(24)19-17(20(22)25)7-6-16-14-23(26-12-13-27-23)11-10-21(16,19)3/h4-6,17-19,24H,1-2,7-15H2,3H3/t17-,18+,19+,21+/m1/s1. The van der Waals surface area contributed by atoms with Crippen molar-refractivity contribution in [1.29, 1.82) is 0 Å². The van der Waals surface area contributed by atoms with Gasteiger partial charge < -0.3 is 14.6 Å². The van der Waals surface area contributed by atoms with Gasteiger partial charge in [0.05, 0.1) is 19.3 Å². The SMILES string of the molecule is C=CCC1(CC=C)C[C@H](O)[C@@H]2[C@@H](CC=C3CC4(CC[C@@]32C)OCCO4)C1=O. The molecule has 1 N–H and O–H groups in total. The van der Waals surface area contributed by atoms with Gasteiger partial charge in [0, 0.05) is 30.1 Å². The van der Waals surface area contributed by atoms with Gasteiger partial charge in [-0.15, -0.1) is 13.2 Å². The zero-order chi connectivity index (χ0) is 19.3. The fourth-order valence-electron chi connectivity index (χ4n) is 6.47. The molecule has 3 fully saturated rings. The van der Waals surface area contributed by atoms with E-state index in [0.29, 0.717) is 44.7 Å². The summed E-state index contributed by atoms with van der Waals surface area (Å²) in [6.45, 7) is 11.3. The van der Waals surface area contributed by atoms with Crippen LogP contribution in [0.1, 0.15) is 51.9 Å². The molecule has 0 aromatic rings. The van der Waals surface area contributed by atoms with Crippen LogP contribution in [0.2, 0.25) is 0 Å². The molecular weight excluding hydrogens is 340 g/mol. The second-order valence-electron chi connectivity index (χ2n) is 9.20. The van der Waals surface area contributed by atoms with Crippen LogP contribution in [-0.2, 0) is 14.3 Å². The molecule has 0 unspecified atom stereocenters. The summed E-state index contributed by atoms with van der Waals surface area (Å²) in [5.74, 6) is -0.326. The number of ether oxygens (including phenoxy) is 2. The van der Waals surface area contributed by atoms with Gasteiger partial charge in [-0.3, -0.25) is 4.79 Å². The maximum atomic E-state index is 13.6. The molecule has 1 spiro atoms. The minimum Gasteiger partial charge on any atom is -0.393 e. The molecule has 148 valence electrons. The summed E-state index contributed by atoms with van der Waals surface area (Å²) in [6.07, 6.45) is 10.3. The second-order valence-corrected chi connectivity index (χ2v) is 9.20. The molecule has 0 bridgehead atoms. The third-order valence-corrected chi connectivity index (χ3v) is 7.76. The van der Waals surface area contributed by atoms with Crippen LogP contribution in [0.3, 0.4) is 0 Å². The monoisotopic (exact) mass is 372 g/mol. The van der Waals surface area contributed by atoms with Crippen LogP contribution in [0.5, 0.6) is 0 Å². The number of aliphatic hydroxyl groups excluding tert-OH is 1. The average Bonchev–Trinajstić information content (AvgIpc) is 3.08. The molecule has 0 aromatic carbocycles. The van der Waals surface area contributed by atoms with Crippen molar-refractivity contribution in [2.24, 2.45) is 22.7 Å². The number of rotatable bonds is 4. The highest BCUT2D eigenvalue weighted by molar-refractivity contribution is 5.89. The molecule has 4 aliphatic rings. The first-order chi connectivity index (χ1) is 12.9. The first-order valence-corrected chi connectivity index (χ1v) is 10.3. The second kappa shape index (κ2) is 6.68. The molecule has 27 heavy (non-hydrogen) atoms. The van der Waals surface area contributed by atoms with Crippen molar-refractivity contribution in [3.05, 3.63) is 37.0 Å². The van der Waals surface area contributed by atoms with Crippen LogP contribution in [0.15, 0.2) is 37.0 Å². The van der Waals surface area contributed by atoms with Crippen molar-refractivity contribution >= 4 is 5.78 Å². The van der Waals surface area contributed by atoms with Crippen molar-refractivity contribution in [2.45, 2.75) is 63.8 Å². The quantitative estimate of drug-likeness (QED) is 0.759. The van der Waals surface area contributed by atoms with E-state index in [0.717, 1.165) is 19.3 Å². The van der Waals surface area contributed by atoms with Crippen LogP contribution in [0.25, 0.3) is 0 Å². The number of Topliss-reactive ketones (excluding diaryl/α,β-unsaturated/α-hetero) is 1. The highest BCUT2D eigenvalue weighted by atomic mass is 16.7.